The standard InChI is InChI=1S/C17H18ClN3/c1-10-17(6-4-5-7-17)13-8-12-14(9-15(13)21(10)3)19-11(2)20-16(12)18/h8-9H,1,4-7H2,2-3H3. The molecule has 4 heteroatoms. The predicted molar refractivity (Wildman–Crippen MR) is 87.0 cm³/mol. The molecule has 21 heavy (non-hydrogen) atoms. The number of aromatic nitrogens is 2. The lowest BCUT2D eigenvalue weighted by Crippen LogP contribution is -2.25. The largest absolute Gasteiger partial charge is 0.348 e. The van der Waals surface area contributed by atoms with Gasteiger partial charge in [-0.2, -0.15) is 0 Å². The third kappa shape index (κ3) is 1.61. The molecule has 0 amide bonds. The van der Waals surface area contributed by atoms with E-state index in [2.05, 4.69) is 40.6 Å². The van der Waals surface area contributed by atoms with Gasteiger partial charge < -0.3 is 4.90 Å². The number of hydrogen-bond donors (Lipinski definition) is 0. The number of fused-ring (bicyclic) bond motifs is 3. The summed E-state index contributed by atoms with van der Waals surface area (Å²) < 4.78 is 0. The molecule has 1 saturated carbocycles. The molecule has 0 atom stereocenters. The fraction of sp³-hybridized carbons (Fsp3) is 0.412. The lowest BCUT2D eigenvalue weighted by atomic mass is 9.78. The average molecular weight is 300 g/mol. The van der Waals surface area contributed by atoms with Crippen LogP contribution in [0.4, 0.5) is 5.69 Å². The molecule has 0 saturated heterocycles. The number of rotatable bonds is 0. The molecule has 1 spiro atoms. The van der Waals surface area contributed by atoms with Gasteiger partial charge in [-0.1, -0.05) is 31.0 Å². The highest BCUT2D eigenvalue weighted by atomic mass is 35.5. The molecule has 1 aliphatic carbocycles. The van der Waals surface area contributed by atoms with Gasteiger partial charge in [0.15, 0.2) is 0 Å². The average Bonchev–Trinajstić information content (AvgIpc) is 3.00. The van der Waals surface area contributed by atoms with Crippen LogP contribution in [0.15, 0.2) is 24.4 Å². The quantitative estimate of drug-likeness (QED) is 0.677. The molecule has 0 bridgehead atoms. The van der Waals surface area contributed by atoms with E-state index in [0.717, 1.165) is 10.9 Å². The van der Waals surface area contributed by atoms with Crippen molar-refractivity contribution < 1.29 is 0 Å². The van der Waals surface area contributed by atoms with Crippen molar-refractivity contribution in [2.75, 3.05) is 11.9 Å². The van der Waals surface area contributed by atoms with Crippen molar-refractivity contribution in [3.8, 4) is 0 Å². The fourth-order valence-electron chi connectivity index (χ4n) is 4.06. The van der Waals surface area contributed by atoms with E-state index < -0.39 is 0 Å². The summed E-state index contributed by atoms with van der Waals surface area (Å²) in [5.41, 5.74) is 4.82. The van der Waals surface area contributed by atoms with Gasteiger partial charge in [-0.3, -0.25) is 0 Å². The maximum Gasteiger partial charge on any atom is 0.140 e. The molecule has 0 unspecified atom stereocenters. The maximum absolute atomic E-state index is 6.34. The third-order valence-corrected chi connectivity index (χ3v) is 5.46. The summed E-state index contributed by atoms with van der Waals surface area (Å²) in [6.45, 7) is 6.25. The number of allylic oxidation sites excluding steroid dienone is 1. The summed E-state index contributed by atoms with van der Waals surface area (Å²) in [6.07, 6.45) is 4.89. The second-order valence-corrected chi connectivity index (χ2v) is 6.60. The monoisotopic (exact) mass is 299 g/mol. The van der Waals surface area contributed by atoms with Gasteiger partial charge >= 0.3 is 0 Å². The second kappa shape index (κ2) is 4.20. The Balaban J connectivity index is 2.05. The third-order valence-electron chi connectivity index (χ3n) is 5.17. The van der Waals surface area contributed by atoms with Gasteiger partial charge in [-0.25, -0.2) is 9.97 Å². The van der Waals surface area contributed by atoms with E-state index in [1.807, 2.05) is 6.92 Å². The Labute approximate surface area is 129 Å². The Morgan fingerprint density at radius 1 is 1.24 bits per heavy atom. The van der Waals surface area contributed by atoms with Crippen molar-refractivity contribution in [1.29, 1.82) is 0 Å². The van der Waals surface area contributed by atoms with Gasteiger partial charge in [0.1, 0.15) is 11.0 Å². The van der Waals surface area contributed by atoms with Crippen LogP contribution in [0.5, 0.6) is 0 Å². The molecule has 1 aliphatic heterocycles. The zero-order chi connectivity index (χ0) is 14.8. The summed E-state index contributed by atoms with van der Waals surface area (Å²) in [4.78, 5) is 11.1. The number of halogens is 1. The summed E-state index contributed by atoms with van der Waals surface area (Å²) in [7, 11) is 2.11. The van der Waals surface area contributed by atoms with Gasteiger partial charge in [0.05, 0.1) is 5.52 Å². The Morgan fingerprint density at radius 2 is 1.95 bits per heavy atom. The van der Waals surface area contributed by atoms with Crippen LogP contribution in [0.25, 0.3) is 10.9 Å². The minimum Gasteiger partial charge on any atom is -0.348 e. The number of aryl methyl sites for hydroxylation is 1. The van der Waals surface area contributed by atoms with Crippen LogP contribution in [-0.2, 0) is 5.41 Å². The molecule has 2 aliphatic rings. The SMILES string of the molecule is C=C1N(C)c2cc3nc(C)nc(Cl)c3cc2C12CCCC2. The highest BCUT2D eigenvalue weighted by Crippen LogP contribution is 2.56. The predicted octanol–water partition coefficient (Wildman–Crippen LogP) is 4.37. The molecule has 4 rings (SSSR count). The molecule has 1 aromatic heterocycles. The van der Waals surface area contributed by atoms with E-state index >= 15 is 0 Å². The van der Waals surface area contributed by atoms with Crippen molar-refractivity contribution in [3.63, 3.8) is 0 Å². The van der Waals surface area contributed by atoms with E-state index in [9.17, 15) is 0 Å². The van der Waals surface area contributed by atoms with Gasteiger partial charge in [0, 0.05) is 29.2 Å². The van der Waals surface area contributed by atoms with E-state index in [1.54, 1.807) is 0 Å². The van der Waals surface area contributed by atoms with Gasteiger partial charge in [0.25, 0.3) is 0 Å². The first kappa shape index (κ1) is 13.1. The fourth-order valence-corrected chi connectivity index (χ4v) is 4.33. The molecule has 1 fully saturated rings. The first-order chi connectivity index (χ1) is 10.0. The lowest BCUT2D eigenvalue weighted by molar-refractivity contribution is 0.538. The van der Waals surface area contributed by atoms with Gasteiger partial charge in [-0.05, 0) is 37.5 Å². The van der Waals surface area contributed by atoms with Crippen LogP contribution in [0.2, 0.25) is 5.15 Å². The minimum absolute atomic E-state index is 0.104. The number of benzene rings is 1. The number of nitrogens with zero attached hydrogens (tertiary/aromatic N) is 3. The highest BCUT2D eigenvalue weighted by Gasteiger charge is 2.46. The molecule has 1 aromatic carbocycles. The number of hydrogen-bond acceptors (Lipinski definition) is 3. The Morgan fingerprint density at radius 3 is 2.67 bits per heavy atom. The molecule has 0 radical (unpaired) electrons. The molecular formula is C17H18ClN3. The van der Waals surface area contributed by atoms with Crippen LogP contribution in [0.3, 0.4) is 0 Å². The zero-order valence-electron chi connectivity index (χ0n) is 12.4. The Kier molecular flexibility index (Phi) is 2.62. The van der Waals surface area contributed by atoms with Crippen molar-refractivity contribution in [2.24, 2.45) is 0 Å². The molecule has 0 N–H and O–H groups in total. The topological polar surface area (TPSA) is 29.0 Å². The maximum atomic E-state index is 6.34. The second-order valence-electron chi connectivity index (χ2n) is 6.24. The van der Waals surface area contributed by atoms with E-state index in [4.69, 9.17) is 11.6 Å². The summed E-state index contributed by atoms with van der Waals surface area (Å²) >= 11 is 6.34. The van der Waals surface area contributed by atoms with Crippen molar-refractivity contribution in [3.05, 3.63) is 40.9 Å². The van der Waals surface area contributed by atoms with Crippen LogP contribution >= 0.6 is 11.6 Å². The number of anilines is 1. The van der Waals surface area contributed by atoms with Gasteiger partial charge in [-0.15, -0.1) is 0 Å². The van der Waals surface area contributed by atoms with Crippen LogP contribution in [0.1, 0.15) is 37.1 Å². The van der Waals surface area contributed by atoms with Crippen molar-refractivity contribution in [2.45, 2.75) is 38.0 Å². The van der Waals surface area contributed by atoms with Crippen LogP contribution in [0, 0.1) is 6.92 Å². The Hall–Kier alpha value is -1.61. The van der Waals surface area contributed by atoms with Gasteiger partial charge in [0.2, 0.25) is 0 Å². The smallest absolute Gasteiger partial charge is 0.140 e. The van der Waals surface area contributed by atoms with E-state index in [1.165, 1.54) is 42.6 Å². The van der Waals surface area contributed by atoms with E-state index in [-0.39, 0.29) is 5.41 Å². The summed E-state index contributed by atoms with van der Waals surface area (Å²) in [6, 6.07) is 4.34. The van der Waals surface area contributed by atoms with E-state index in [0.29, 0.717) is 11.0 Å². The molecule has 3 nitrogen and oxygen atoms in total. The van der Waals surface area contributed by atoms with Crippen molar-refractivity contribution in [1.82, 2.24) is 9.97 Å². The van der Waals surface area contributed by atoms with Crippen LogP contribution < -0.4 is 4.90 Å². The lowest BCUT2D eigenvalue weighted by Gasteiger charge is -2.26. The summed E-state index contributed by atoms with van der Waals surface area (Å²) in [5.74, 6) is 0.711. The first-order valence-electron chi connectivity index (χ1n) is 7.44. The summed E-state index contributed by atoms with van der Waals surface area (Å²) in [5, 5.41) is 1.50. The first-order valence-corrected chi connectivity index (χ1v) is 7.82. The van der Waals surface area contributed by atoms with Crippen LogP contribution in [-0.4, -0.2) is 17.0 Å². The highest BCUT2D eigenvalue weighted by molar-refractivity contribution is 6.34. The van der Waals surface area contributed by atoms with Crippen molar-refractivity contribution >= 4 is 28.2 Å². The molecule has 2 aromatic rings. The Bertz CT molecular complexity index is 775. The number of likely N-dealkylation sites (N-methyl/N-ethyl adjacent to an activating group) is 1. The molecule has 2 heterocycles. The molecule has 108 valence electrons. The minimum atomic E-state index is 0.104. The zero-order valence-corrected chi connectivity index (χ0v) is 13.2. The normalized spacial score (nSPS) is 19.8. The molecular weight excluding hydrogens is 282 g/mol.